The van der Waals surface area contributed by atoms with Crippen molar-refractivity contribution in [3.05, 3.63) is 66.1 Å². The number of fused-ring (bicyclic) bond motifs is 1. The van der Waals surface area contributed by atoms with Gasteiger partial charge in [0.15, 0.2) is 0 Å². The fourth-order valence-electron chi connectivity index (χ4n) is 3.74. The molecule has 3 aromatic rings. The fourth-order valence-corrected chi connectivity index (χ4v) is 3.74. The topological polar surface area (TPSA) is 58.9 Å². The number of nitrogens with one attached hydrogen (secondary N) is 1. The van der Waals surface area contributed by atoms with E-state index in [0.29, 0.717) is 23.8 Å². The molecular formula is C22H26N4O2. The molecule has 0 bridgehead atoms. The van der Waals surface area contributed by atoms with Crippen molar-refractivity contribution in [1.82, 2.24) is 19.6 Å². The number of ether oxygens (including phenoxy) is 1. The number of pyridine rings is 1. The number of benzene rings is 1. The number of rotatable bonds is 6. The Balaban J connectivity index is 1.38. The second-order valence-corrected chi connectivity index (χ2v) is 7.31. The lowest BCUT2D eigenvalue weighted by Crippen LogP contribution is -2.40. The van der Waals surface area contributed by atoms with Crippen molar-refractivity contribution in [2.45, 2.75) is 19.4 Å². The molecule has 0 unspecified atom stereocenters. The highest BCUT2D eigenvalue weighted by molar-refractivity contribution is 5.94. The molecule has 1 fully saturated rings. The number of imidazole rings is 1. The van der Waals surface area contributed by atoms with Gasteiger partial charge in [-0.05, 0) is 62.7 Å². The summed E-state index contributed by atoms with van der Waals surface area (Å²) in [4.78, 5) is 19.3. The zero-order valence-corrected chi connectivity index (χ0v) is 16.2. The van der Waals surface area contributed by atoms with Gasteiger partial charge < -0.3 is 19.4 Å². The molecule has 0 aliphatic carbocycles. The van der Waals surface area contributed by atoms with Gasteiger partial charge in [-0.1, -0.05) is 12.1 Å². The molecule has 0 radical (unpaired) electrons. The highest BCUT2D eigenvalue weighted by Crippen LogP contribution is 2.21. The quantitative estimate of drug-likeness (QED) is 0.716. The first kappa shape index (κ1) is 18.5. The summed E-state index contributed by atoms with van der Waals surface area (Å²) >= 11 is 0. The molecule has 146 valence electrons. The Labute approximate surface area is 165 Å². The Kier molecular flexibility index (Phi) is 5.58. The zero-order valence-electron chi connectivity index (χ0n) is 16.2. The minimum Gasteiger partial charge on any atom is -0.487 e. The van der Waals surface area contributed by atoms with Crippen molar-refractivity contribution in [1.29, 1.82) is 0 Å². The minimum atomic E-state index is 0.0843. The first-order valence-corrected chi connectivity index (χ1v) is 9.82. The zero-order chi connectivity index (χ0) is 19.3. The van der Waals surface area contributed by atoms with Crippen LogP contribution in [0.1, 0.15) is 28.9 Å². The number of hydrogen-bond donors (Lipinski definition) is 1. The second kappa shape index (κ2) is 8.44. The van der Waals surface area contributed by atoms with Gasteiger partial charge in [-0.25, -0.2) is 4.98 Å². The Morgan fingerprint density at radius 3 is 2.86 bits per heavy atom. The minimum absolute atomic E-state index is 0.0843. The molecular weight excluding hydrogens is 352 g/mol. The number of hydrogen-bond acceptors (Lipinski definition) is 4. The van der Waals surface area contributed by atoms with E-state index in [-0.39, 0.29) is 5.91 Å². The van der Waals surface area contributed by atoms with Gasteiger partial charge in [-0.3, -0.25) is 4.79 Å². The van der Waals surface area contributed by atoms with E-state index in [4.69, 9.17) is 4.74 Å². The van der Waals surface area contributed by atoms with Crippen LogP contribution >= 0.6 is 0 Å². The number of likely N-dealkylation sites (tertiary alicyclic amines) is 1. The maximum Gasteiger partial charge on any atom is 0.253 e. The summed E-state index contributed by atoms with van der Waals surface area (Å²) in [5, 5.41) is 3.23. The van der Waals surface area contributed by atoms with Crippen molar-refractivity contribution in [2.75, 3.05) is 26.7 Å². The number of carbonyl (C=O) groups excluding carboxylic acids is 1. The van der Waals surface area contributed by atoms with Crippen molar-refractivity contribution < 1.29 is 9.53 Å². The van der Waals surface area contributed by atoms with Gasteiger partial charge in [-0.15, -0.1) is 0 Å². The Bertz CT molecular complexity index is 911. The molecule has 28 heavy (non-hydrogen) atoms. The molecule has 3 heterocycles. The summed E-state index contributed by atoms with van der Waals surface area (Å²) < 4.78 is 7.86. The smallest absolute Gasteiger partial charge is 0.253 e. The second-order valence-electron chi connectivity index (χ2n) is 7.31. The van der Waals surface area contributed by atoms with Crippen LogP contribution in [-0.2, 0) is 6.61 Å². The molecule has 1 saturated heterocycles. The van der Waals surface area contributed by atoms with E-state index in [1.807, 2.05) is 71.2 Å². The summed E-state index contributed by atoms with van der Waals surface area (Å²) in [6.45, 7) is 3.03. The van der Waals surface area contributed by atoms with Crippen LogP contribution in [0.15, 0.2) is 54.9 Å². The van der Waals surface area contributed by atoms with E-state index in [1.165, 1.54) is 0 Å². The van der Waals surface area contributed by atoms with Gasteiger partial charge in [0.2, 0.25) is 0 Å². The van der Waals surface area contributed by atoms with Crippen molar-refractivity contribution in [3.63, 3.8) is 0 Å². The van der Waals surface area contributed by atoms with Gasteiger partial charge in [-0.2, -0.15) is 0 Å². The van der Waals surface area contributed by atoms with Crippen LogP contribution in [-0.4, -0.2) is 46.9 Å². The van der Waals surface area contributed by atoms with E-state index in [0.717, 1.165) is 43.8 Å². The molecule has 0 spiro atoms. The average Bonchev–Trinajstić information content (AvgIpc) is 3.16. The van der Waals surface area contributed by atoms with Gasteiger partial charge in [0.25, 0.3) is 5.91 Å². The molecule has 4 rings (SSSR count). The number of carbonyl (C=O) groups is 1. The van der Waals surface area contributed by atoms with E-state index in [1.54, 1.807) is 0 Å². The van der Waals surface area contributed by atoms with E-state index in [9.17, 15) is 4.79 Å². The van der Waals surface area contributed by atoms with Crippen LogP contribution in [0, 0.1) is 5.92 Å². The van der Waals surface area contributed by atoms with Gasteiger partial charge in [0.1, 0.15) is 18.0 Å². The van der Waals surface area contributed by atoms with Crippen LogP contribution in [0.2, 0.25) is 0 Å². The molecule has 1 aromatic carbocycles. The third kappa shape index (κ3) is 4.17. The van der Waals surface area contributed by atoms with Crippen LogP contribution < -0.4 is 10.1 Å². The maximum absolute atomic E-state index is 12.8. The molecule has 6 heteroatoms. The lowest BCUT2D eigenvalue weighted by atomic mass is 9.96. The van der Waals surface area contributed by atoms with Gasteiger partial charge >= 0.3 is 0 Å². The maximum atomic E-state index is 12.8. The van der Waals surface area contributed by atoms with Crippen molar-refractivity contribution in [3.8, 4) is 5.75 Å². The summed E-state index contributed by atoms with van der Waals surface area (Å²) in [6.07, 6.45) is 6.03. The highest BCUT2D eigenvalue weighted by Gasteiger charge is 2.23. The van der Waals surface area contributed by atoms with Gasteiger partial charge in [0.05, 0.1) is 5.69 Å². The molecule has 1 amide bonds. The predicted molar refractivity (Wildman–Crippen MR) is 109 cm³/mol. The fraction of sp³-hybridized carbons (Fsp3) is 0.364. The normalized spacial score (nSPS) is 15.1. The third-order valence-corrected chi connectivity index (χ3v) is 5.28. The first-order chi connectivity index (χ1) is 13.7. The van der Waals surface area contributed by atoms with Crippen molar-refractivity contribution in [2.24, 2.45) is 5.92 Å². The molecule has 1 aliphatic rings. The van der Waals surface area contributed by atoms with Crippen LogP contribution in [0.3, 0.4) is 0 Å². The summed E-state index contributed by atoms with van der Waals surface area (Å²) in [5.41, 5.74) is 2.43. The van der Waals surface area contributed by atoms with Crippen molar-refractivity contribution >= 4 is 11.6 Å². The SMILES string of the molecule is CNCC1CCN(C(=O)c2cccc(OCc3cn4ccccc4n3)c2)CC1. The molecule has 0 saturated carbocycles. The van der Waals surface area contributed by atoms with Crippen LogP contribution in [0.4, 0.5) is 0 Å². The average molecular weight is 378 g/mol. The predicted octanol–water partition coefficient (Wildman–Crippen LogP) is 2.98. The molecule has 2 aromatic heterocycles. The summed E-state index contributed by atoms with van der Waals surface area (Å²) in [5.74, 6) is 1.43. The lowest BCUT2D eigenvalue weighted by Gasteiger charge is -2.32. The van der Waals surface area contributed by atoms with Crippen LogP contribution in [0.5, 0.6) is 5.75 Å². The molecule has 1 aliphatic heterocycles. The summed E-state index contributed by atoms with van der Waals surface area (Å²) in [7, 11) is 1.98. The standard InChI is InChI=1S/C22H26N4O2/c1-23-14-17-8-11-25(12-9-17)22(27)18-5-4-6-20(13-18)28-16-19-15-26-10-3-2-7-21(26)24-19/h2-7,10,13,15,17,23H,8-9,11-12,14,16H2,1H3. The Hall–Kier alpha value is -2.86. The molecule has 1 N–H and O–H groups in total. The third-order valence-electron chi connectivity index (χ3n) is 5.28. The van der Waals surface area contributed by atoms with Gasteiger partial charge in [0, 0.05) is 31.0 Å². The number of aromatic nitrogens is 2. The Morgan fingerprint density at radius 2 is 2.07 bits per heavy atom. The van der Waals surface area contributed by atoms with E-state index < -0.39 is 0 Å². The van der Waals surface area contributed by atoms with E-state index in [2.05, 4.69) is 10.3 Å². The highest BCUT2D eigenvalue weighted by atomic mass is 16.5. The van der Waals surface area contributed by atoms with Crippen LogP contribution in [0.25, 0.3) is 5.65 Å². The number of nitrogens with zero attached hydrogens (tertiary/aromatic N) is 3. The Morgan fingerprint density at radius 1 is 1.21 bits per heavy atom. The lowest BCUT2D eigenvalue weighted by molar-refractivity contribution is 0.0690. The monoisotopic (exact) mass is 378 g/mol. The molecule has 0 atom stereocenters. The number of piperidine rings is 1. The first-order valence-electron chi connectivity index (χ1n) is 9.82. The number of amides is 1. The largest absolute Gasteiger partial charge is 0.487 e. The summed E-state index contributed by atoms with van der Waals surface area (Å²) in [6, 6.07) is 13.3. The molecule has 6 nitrogen and oxygen atoms in total. The van der Waals surface area contributed by atoms with E-state index >= 15 is 0 Å².